The number of nitrogens with zero attached hydrogens (tertiary/aromatic N) is 1. The Kier molecular flexibility index (Phi) is 3.82. The highest BCUT2D eigenvalue weighted by molar-refractivity contribution is 5.85. The van der Waals surface area contributed by atoms with Crippen molar-refractivity contribution in [1.29, 1.82) is 0 Å². The van der Waals surface area contributed by atoms with Gasteiger partial charge >= 0.3 is 5.97 Å². The molecule has 0 bridgehead atoms. The zero-order valence-corrected chi connectivity index (χ0v) is 10.5. The van der Waals surface area contributed by atoms with Gasteiger partial charge in [-0.05, 0) is 6.07 Å². The summed E-state index contributed by atoms with van der Waals surface area (Å²) >= 11 is 0. The standard InChI is InChI=1S/C13H13NO5/c1-17-7-9-4-3-8(5-11(9)18-2)10-6-12(13(15)16)19-14-10/h3-6H,7H2,1-2H3,(H,15,16). The van der Waals surface area contributed by atoms with E-state index < -0.39 is 5.97 Å². The number of aromatic carboxylic acids is 1. The van der Waals surface area contributed by atoms with Crippen LogP contribution < -0.4 is 4.74 Å². The van der Waals surface area contributed by atoms with E-state index in [4.69, 9.17) is 19.1 Å². The molecule has 6 nitrogen and oxygen atoms in total. The van der Waals surface area contributed by atoms with Gasteiger partial charge in [0.25, 0.3) is 0 Å². The molecule has 1 aromatic carbocycles. The summed E-state index contributed by atoms with van der Waals surface area (Å²) in [5.41, 5.74) is 2.06. The molecule has 1 heterocycles. The molecule has 19 heavy (non-hydrogen) atoms. The number of ether oxygens (including phenoxy) is 2. The minimum atomic E-state index is -1.15. The first-order valence-electron chi connectivity index (χ1n) is 5.52. The minimum Gasteiger partial charge on any atom is -0.496 e. The fourth-order valence-electron chi connectivity index (χ4n) is 1.69. The summed E-state index contributed by atoms with van der Waals surface area (Å²) in [7, 11) is 3.16. The van der Waals surface area contributed by atoms with Crippen molar-refractivity contribution in [2.45, 2.75) is 6.61 Å². The van der Waals surface area contributed by atoms with Gasteiger partial charge < -0.3 is 19.1 Å². The van der Waals surface area contributed by atoms with Crippen LogP contribution in [-0.2, 0) is 11.3 Å². The van der Waals surface area contributed by atoms with E-state index in [9.17, 15) is 4.79 Å². The van der Waals surface area contributed by atoms with Crippen LogP contribution in [0.5, 0.6) is 5.75 Å². The molecule has 0 saturated heterocycles. The second-order valence-corrected chi connectivity index (χ2v) is 3.84. The first kappa shape index (κ1) is 13.1. The molecule has 6 heteroatoms. The Hall–Kier alpha value is -2.34. The number of carboxylic acid groups (broad SMARTS) is 1. The monoisotopic (exact) mass is 263 g/mol. The second-order valence-electron chi connectivity index (χ2n) is 3.84. The Bertz CT molecular complexity index is 590. The Labute approximate surface area is 109 Å². The lowest BCUT2D eigenvalue weighted by atomic mass is 10.1. The number of carbonyl (C=O) groups is 1. The summed E-state index contributed by atoms with van der Waals surface area (Å²) in [5, 5.41) is 12.5. The molecular formula is C13H13NO5. The zero-order chi connectivity index (χ0) is 13.8. The van der Waals surface area contributed by atoms with E-state index in [2.05, 4.69) is 5.16 Å². The number of aromatic nitrogens is 1. The lowest BCUT2D eigenvalue weighted by molar-refractivity contribution is 0.0652. The van der Waals surface area contributed by atoms with Gasteiger partial charge in [-0.15, -0.1) is 0 Å². The van der Waals surface area contributed by atoms with Crippen LogP contribution in [0.4, 0.5) is 0 Å². The zero-order valence-electron chi connectivity index (χ0n) is 10.5. The van der Waals surface area contributed by atoms with Crippen LogP contribution in [0.1, 0.15) is 16.1 Å². The van der Waals surface area contributed by atoms with Gasteiger partial charge in [0, 0.05) is 24.3 Å². The Morgan fingerprint density at radius 1 is 1.37 bits per heavy atom. The van der Waals surface area contributed by atoms with Crippen LogP contribution in [0.3, 0.4) is 0 Å². The van der Waals surface area contributed by atoms with Crippen molar-refractivity contribution >= 4 is 5.97 Å². The number of rotatable bonds is 5. The number of hydrogen-bond acceptors (Lipinski definition) is 5. The van der Waals surface area contributed by atoms with Crippen molar-refractivity contribution in [3.63, 3.8) is 0 Å². The molecule has 0 radical (unpaired) electrons. The van der Waals surface area contributed by atoms with Gasteiger partial charge in [-0.2, -0.15) is 0 Å². The largest absolute Gasteiger partial charge is 0.496 e. The maximum absolute atomic E-state index is 10.7. The molecule has 2 aromatic rings. The molecule has 100 valence electrons. The summed E-state index contributed by atoms with van der Waals surface area (Å²) in [6, 6.07) is 6.78. The van der Waals surface area contributed by atoms with E-state index in [0.29, 0.717) is 23.6 Å². The van der Waals surface area contributed by atoms with Gasteiger partial charge in [-0.3, -0.25) is 0 Å². The average molecular weight is 263 g/mol. The highest BCUT2D eigenvalue weighted by atomic mass is 16.5. The third-order valence-corrected chi connectivity index (χ3v) is 2.60. The number of benzene rings is 1. The first-order valence-corrected chi connectivity index (χ1v) is 5.52. The highest BCUT2D eigenvalue weighted by Crippen LogP contribution is 2.27. The summed E-state index contributed by atoms with van der Waals surface area (Å²) in [6.45, 7) is 0.433. The summed E-state index contributed by atoms with van der Waals surface area (Å²) in [6.07, 6.45) is 0. The van der Waals surface area contributed by atoms with Gasteiger partial charge in [0.2, 0.25) is 5.76 Å². The fraction of sp³-hybridized carbons (Fsp3) is 0.231. The van der Waals surface area contributed by atoms with E-state index in [0.717, 1.165) is 5.56 Å². The molecule has 0 spiro atoms. The Morgan fingerprint density at radius 3 is 2.74 bits per heavy atom. The molecule has 0 saturated carbocycles. The van der Waals surface area contributed by atoms with Gasteiger partial charge in [0.15, 0.2) is 0 Å². The normalized spacial score (nSPS) is 10.4. The van der Waals surface area contributed by atoms with E-state index in [1.165, 1.54) is 6.07 Å². The molecule has 0 aliphatic heterocycles. The van der Waals surface area contributed by atoms with E-state index in [-0.39, 0.29) is 5.76 Å². The topological polar surface area (TPSA) is 81.8 Å². The average Bonchev–Trinajstić information content (AvgIpc) is 2.89. The van der Waals surface area contributed by atoms with Crippen molar-refractivity contribution in [1.82, 2.24) is 5.16 Å². The van der Waals surface area contributed by atoms with Crippen LogP contribution >= 0.6 is 0 Å². The van der Waals surface area contributed by atoms with E-state index >= 15 is 0 Å². The van der Waals surface area contributed by atoms with Crippen molar-refractivity contribution in [2.75, 3.05) is 14.2 Å². The predicted octanol–water partition coefficient (Wildman–Crippen LogP) is 2.19. The molecule has 0 amide bonds. The third kappa shape index (κ3) is 2.74. The van der Waals surface area contributed by atoms with Crippen LogP contribution in [-0.4, -0.2) is 30.5 Å². The summed E-state index contributed by atoms with van der Waals surface area (Å²) < 4.78 is 15.0. The number of hydrogen-bond donors (Lipinski definition) is 1. The highest BCUT2D eigenvalue weighted by Gasteiger charge is 2.13. The molecule has 0 unspecified atom stereocenters. The lowest BCUT2D eigenvalue weighted by Gasteiger charge is -2.08. The lowest BCUT2D eigenvalue weighted by Crippen LogP contribution is -1.94. The van der Waals surface area contributed by atoms with Gasteiger partial charge in [0.1, 0.15) is 11.4 Å². The first-order chi connectivity index (χ1) is 9.15. The summed E-state index contributed by atoms with van der Waals surface area (Å²) in [4.78, 5) is 10.7. The Balaban J connectivity index is 2.36. The van der Waals surface area contributed by atoms with Crippen LogP contribution in [0.15, 0.2) is 28.8 Å². The quantitative estimate of drug-likeness (QED) is 0.890. The van der Waals surface area contributed by atoms with Crippen molar-refractivity contribution in [2.24, 2.45) is 0 Å². The molecular weight excluding hydrogens is 250 g/mol. The second kappa shape index (κ2) is 5.53. The van der Waals surface area contributed by atoms with Crippen molar-refractivity contribution < 1.29 is 23.9 Å². The molecule has 1 N–H and O–H groups in total. The fourth-order valence-corrected chi connectivity index (χ4v) is 1.69. The SMILES string of the molecule is COCc1ccc(-c2cc(C(=O)O)on2)cc1OC. The maximum Gasteiger partial charge on any atom is 0.374 e. The predicted molar refractivity (Wildman–Crippen MR) is 66.2 cm³/mol. The van der Waals surface area contributed by atoms with Crippen LogP contribution in [0.2, 0.25) is 0 Å². The van der Waals surface area contributed by atoms with Gasteiger partial charge in [-0.25, -0.2) is 4.79 Å². The number of carboxylic acids is 1. The summed E-state index contributed by atoms with van der Waals surface area (Å²) in [5.74, 6) is -0.698. The van der Waals surface area contributed by atoms with Gasteiger partial charge in [-0.1, -0.05) is 17.3 Å². The molecule has 1 aromatic heterocycles. The molecule has 0 aliphatic rings. The Morgan fingerprint density at radius 2 is 2.16 bits per heavy atom. The van der Waals surface area contributed by atoms with E-state index in [1.54, 1.807) is 26.4 Å². The van der Waals surface area contributed by atoms with E-state index in [1.807, 2.05) is 6.07 Å². The molecule has 2 rings (SSSR count). The smallest absolute Gasteiger partial charge is 0.374 e. The van der Waals surface area contributed by atoms with Crippen molar-refractivity contribution in [3.05, 3.63) is 35.6 Å². The third-order valence-electron chi connectivity index (χ3n) is 2.60. The van der Waals surface area contributed by atoms with Crippen LogP contribution in [0.25, 0.3) is 11.3 Å². The van der Waals surface area contributed by atoms with Crippen LogP contribution in [0, 0.1) is 0 Å². The molecule has 0 fully saturated rings. The maximum atomic E-state index is 10.7. The molecule has 0 aliphatic carbocycles. The number of methoxy groups -OCH3 is 2. The van der Waals surface area contributed by atoms with Gasteiger partial charge in [0.05, 0.1) is 13.7 Å². The molecule has 0 atom stereocenters. The van der Waals surface area contributed by atoms with Crippen molar-refractivity contribution in [3.8, 4) is 17.0 Å². The minimum absolute atomic E-state index is 0.199.